The number of hydrogen-bond acceptors (Lipinski definition) is 4. The molecule has 3 rings (SSSR count). The maximum absolute atomic E-state index is 13.0. The first-order valence-corrected chi connectivity index (χ1v) is 7.26. The number of hydrogen-bond donors (Lipinski definition) is 1. The van der Waals surface area contributed by atoms with E-state index in [1.807, 2.05) is 0 Å². The van der Waals surface area contributed by atoms with Crippen molar-refractivity contribution in [3.05, 3.63) is 68.8 Å². The smallest absolute Gasteiger partial charge is 0.347 e. The summed E-state index contributed by atoms with van der Waals surface area (Å²) in [5, 5.41) is 10.5. The fourth-order valence-corrected chi connectivity index (χ4v) is 2.65. The Labute approximate surface area is 140 Å². The molecule has 3 aromatic rings. The van der Waals surface area contributed by atoms with Gasteiger partial charge in [-0.3, -0.25) is 9.31 Å². The Morgan fingerprint density at radius 3 is 2.62 bits per heavy atom. The van der Waals surface area contributed by atoms with Crippen LogP contribution in [-0.4, -0.2) is 27.4 Å². The quantitative estimate of drug-likeness (QED) is 0.736. The van der Waals surface area contributed by atoms with Crippen LogP contribution in [0.1, 0.15) is 15.9 Å². The minimum Gasteiger partial charge on any atom is -0.505 e. The minimum atomic E-state index is -0.954. The number of rotatable bonds is 3. The van der Waals surface area contributed by atoms with Crippen LogP contribution in [0, 0.1) is 5.82 Å². The van der Waals surface area contributed by atoms with Crippen LogP contribution in [0.25, 0.3) is 5.52 Å². The summed E-state index contributed by atoms with van der Waals surface area (Å²) >= 11 is 5.96. The van der Waals surface area contributed by atoms with Crippen molar-refractivity contribution in [1.29, 1.82) is 0 Å². The predicted octanol–water partition coefficient (Wildman–Crippen LogP) is 2.43. The second kappa shape index (κ2) is 6.01. The molecule has 0 fully saturated rings. The normalized spacial score (nSPS) is 11.0. The molecule has 1 N–H and O–H groups in total. The number of ether oxygens (including phenoxy) is 1. The van der Waals surface area contributed by atoms with Crippen LogP contribution >= 0.6 is 11.6 Å². The van der Waals surface area contributed by atoms with Crippen LogP contribution in [0.2, 0.25) is 5.02 Å². The van der Waals surface area contributed by atoms with Gasteiger partial charge in [-0.05, 0) is 23.8 Å². The van der Waals surface area contributed by atoms with E-state index in [4.69, 9.17) is 11.6 Å². The number of fused-ring (bicyclic) bond motifs is 1. The van der Waals surface area contributed by atoms with Gasteiger partial charge in [0.1, 0.15) is 11.3 Å². The van der Waals surface area contributed by atoms with Gasteiger partial charge in [0.25, 0.3) is 5.56 Å². The summed E-state index contributed by atoms with van der Waals surface area (Å²) in [5.74, 6) is -1.86. The van der Waals surface area contributed by atoms with Crippen LogP contribution in [0.5, 0.6) is 5.75 Å². The van der Waals surface area contributed by atoms with Crippen molar-refractivity contribution in [1.82, 2.24) is 9.20 Å². The molecular formula is C16H12ClFN2O4. The predicted molar refractivity (Wildman–Crippen MR) is 85.2 cm³/mol. The molecule has 24 heavy (non-hydrogen) atoms. The van der Waals surface area contributed by atoms with Crippen molar-refractivity contribution < 1.29 is 19.0 Å². The Morgan fingerprint density at radius 1 is 1.33 bits per heavy atom. The third-order valence-electron chi connectivity index (χ3n) is 3.59. The number of methoxy groups -OCH3 is 1. The standard InChI is InChI=1S/C16H12ClFN2O4/c1-24-16(23)13-14(21)12-6-10(17)8-19(12)20(15(13)22)7-9-2-4-11(18)5-3-9/h2-6,8,21H,7H2,1H3. The zero-order chi connectivity index (χ0) is 17.4. The molecule has 0 radical (unpaired) electrons. The first-order chi connectivity index (χ1) is 11.4. The monoisotopic (exact) mass is 350 g/mol. The van der Waals surface area contributed by atoms with Crippen molar-refractivity contribution in [2.75, 3.05) is 7.11 Å². The molecule has 0 saturated heterocycles. The molecule has 2 heterocycles. The van der Waals surface area contributed by atoms with Crippen molar-refractivity contribution in [3.8, 4) is 5.75 Å². The minimum absolute atomic E-state index is 0.0465. The van der Waals surface area contributed by atoms with E-state index in [2.05, 4.69) is 4.74 Å². The zero-order valence-electron chi connectivity index (χ0n) is 12.5. The van der Waals surface area contributed by atoms with Gasteiger partial charge in [-0.2, -0.15) is 0 Å². The highest BCUT2D eigenvalue weighted by molar-refractivity contribution is 6.31. The SMILES string of the molecule is COC(=O)c1c(O)c2cc(Cl)cn2n(Cc2ccc(F)cc2)c1=O. The van der Waals surface area contributed by atoms with Gasteiger partial charge >= 0.3 is 5.97 Å². The Kier molecular flexibility index (Phi) is 4.02. The maximum Gasteiger partial charge on any atom is 0.347 e. The van der Waals surface area contributed by atoms with Crippen LogP contribution in [-0.2, 0) is 11.3 Å². The Bertz CT molecular complexity index is 992. The fourth-order valence-electron chi connectivity index (χ4n) is 2.45. The average Bonchev–Trinajstić information content (AvgIpc) is 2.95. The van der Waals surface area contributed by atoms with Gasteiger partial charge in [-0.1, -0.05) is 23.7 Å². The molecule has 8 heteroatoms. The lowest BCUT2D eigenvalue weighted by molar-refractivity contribution is 0.0594. The number of benzene rings is 1. The van der Waals surface area contributed by atoms with Crippen LogP contribution in [0.4, 0.5) is 4.39 Å². The highest BCUT2D eigenvalue weighted by Crippen LogP contribution is 2.26. The summed E-state index contributed by atoms with van der Waals surface area (Å²) in [7, 11) is 1.11. The summed E-state index contributed by atoms with van der Waals surface area (Å²) in [5.41, 5.74) is -0.418. The second-order valence-electron chi connectivity index (χ2n) is 5.09. The highest BCUT2D eigenvalue weighted by atomic mass is 35.5. The molecular weight excluding hydrogens is 339 g/mol. The van der Waals surface area contributed by atoms with Gasteiger partial charge < -0.3 is 9.84 Å². The van der Waals surface area contributed by atoms with Crippen molar-refractivity contribution >= 4 is 23.1 Å². The number of halogens is 2. The van der Waals surface area contributed by atoms with E-state index < -0.39 is 28.7 Å². The molecule has 0 spiro atoms. The van der Waals surface area contributed by atoms with Gasteiger partial charge in [0.2, 0.25) is 0 Å². The molecule has 0 aliphatic carbocycles. The molecule has 6 nitrogen and oxygen atoms in total. The van der Waals surface area contributed by atoms with Gasteiger partial charge in [0, 0.05) is 6.20 Å². The lowest BCUT2D eigenvalue weighted by Crippen LogP contribution is -2.31. The molecule has 0 bridgehead atoms. The molecule has 0 aliphatic rings. The molecule has 0 unspecified atom stereocenters. The molecule has 0 atom stereocenters. The van der Waals surface area contributed by atoms with E-state index >= 15 is 0 Å². The van der Waals surface area contributed by atoms with Gasteiger partial charge in [-0.25, -0.2) is 13.9 Å². The first-order valence-electron chi connectivity index (χ1n) is 6.88. The number of aromatic nitrogens is 2. The summed E-state index contributed by atoms with van der Waals surface area (Å²) in [4.78, 5) is 24.5. The first kappa shape index (κ1) is 16.1. The molecule has 0 saturated carbocycles. The lowest BCUT2D eigenvalue weighted by Gasteiger charge is -2.13. The van der Waals surface area contributed by atoms with Crippen LogP contribution in [0.15, 0.2) is 41.3 Å². The van der Waals surface area contributed by atoms with E-state index in [0.717, 1.165) is 7.11 Å². The lowest BCUT2D eigenvalue weighted by atomic mass is 10.2. The van der Waals surface area contributed by atoms with Gasteiger partial charge in [-0.15, -0.1) is 0 Å². The van der Waals surface area contributed by atoms with Crippen molar-refractivity contribution in [3.63, 3.8) is 0 Å². The number of carbonyl (C=O) groups excluding carboxylic acids is 1. The average molecular weight is 351 g/mol. The van der Waals surface area contributed by atoms with Crippen molar-refractivity contribution in [2.24, 2.45) is 0 Å². The summed E-state index contributed by atoms with van der Waals surface area (Å²) in [6.45, 7) is 0.0465. The summed E-state index contributed by atoms with van der Waals surface area (Å²) in [6, 6.07) is 6.99. The van der Waals surface area contributed by atoms with Crippen molar-refractivity contribution in [2.45, 2.75) is 6.54 Å². The Hall–Kier alpha value is -2.80. The van der Waals surface area contributed by atoms with E-state index in [-0.39, 0.29) is 17.1 Å². The van der Waals surface area contributed by atoms with E-state index in [0.29, 0.717) is 5.56 Å². The Balaban J connectivity index is 2.27. The topological polar surface area (TPSA) is 72.9 Å². The molecule has 0 amide bonds. The summed E-state index contributed by atoms with van der Waals surface area (Å²) in [6.07, 6.45) is 1.43. The third kappa shape index (κ3) is 2.63. The number of nitrogens with zero attached hydrogens (tertiary/aromatic N) is 2. The third-order valence-corrected chi connectivity index (χ3v) is 3.80. The van der Waals surface area contributed by atoms with Crippen LogP contribution < -0.4 is 5.56 Å². The number of carbonyl (C=O) groups is 1. The van der Waals surface area contributed by atoms with Gasteiger partial charge in [0.15, 0.2) is 11.3 Å². The maximum atomic E-state index is 13.0. The molecule has 0 aliphatic heterocycles. The largest absolute Gasteiger partial charge is 0.505 e. The van der Waals surface area contributed by atoms with E-state index in [9.17, 15) is 19.1 Å². The van der Waals surface area contributed by atoms with E-state index in [1.165, 1.54) is 45.7 Å². The Morgan fingerprint density at radius 2 is 2.00 bits per heavy atom. The summed E-state index contributed by atoms with van der Waals surface area (Å²) < 4.78 is 20.2. The highest BCUT2D eigenvalue weighted by Gasteiger charge is 2.23. The molecule has 124 valence electrons. The molecule has 2 aromatic heterocycles. The zero-order valence-corrected chi connectivity index (χ0v) is 13.2. The second-order valence-corrected chi connectivity index (χ2v) is 5.53. The van der Waals surface area contributed by atoms with Gasteiger partial charge in [0.05, 0.1) is 18.7 Å². The van der Waals surface area contributed by atoms with E-state index in [1.54, 1.807) is 0 Å². The fraction of sp³-hybridized carbons (Fsp3) is 0.125. The molecule has 1 aromatic carbocycles. The number of aromatic hydroxyl groups is 1. The van der Waals surface area contributed by atoms with Crippen LogP contribution in [0.3, 0.4) is 0 Å². The number of esters is 1.